The minimum Gasteiger partial charge on any atom is -0.377 e. The van der Waals surface area contributed by atoms with E-state index >= 15 is 0 Å². The average molecular weight is 340 g/mol. The molecule has 0 fully saturated rings. The second kappa shape index (κ2) is 8.67. The van der Waals surface area contributed by atoms with Crippen molar-refractivity contribution in [3.63, 3.8) is 0 Å². The van der Waals surface area contributed by atoms with Gasteiger partial charge in [-0.3, -0.25) is 4.79 Å². The highest BCUT2D eigenvalue weighted by Crippen LogP contribution is 2.29. The number of hydrogen-bond donors (Lipinski definition) is 0. The molecule has 0 N–H and O–H groups in total. The summed E-state index contributed by atoms with van der Waals surface area (Å²) in [6.07, 6.45) is 0.0326. The van der Waals surface area contributed by atoms with Crippen LogP contribution < -0.4 is 4.90 Å². The monoisotopic (exact) mass is 340 g/mol. The van der Waals surface area contributed by atoms with Gasteiger partial charge in [-0.2, -0.15) is 0 Å². The largest absolute Gasteiger partial charge is 0.377 e. The summed E-state index contributed by atoms with van der Waals surface area (Å²) in [4.78, 5) is 16.4. The summed E-state index contributed by atoms with van der Waals surface area (Å²) in [7, 11) is 5.88. The maximum absolute atomic E-state index is 12.6. The lowest BCUT2D eigenvalue weighted by Crippen LogP contribution is -2.34. The van der Waals surface area contributed by atoms with Crippen LogP contribution in [-0.4, -0.2) is 51.2 Å². The van der Waals surface area contributed by atoms with Crippen molar-refractivity contribution in [3.8, 4) is 11.1 Å². The summed E-state index contributed by atoms with van der Waals surface area (Å²) in [6.45, 7) is 5.18. The highest BCUT2D eigenvalue weighted by molar-refractivity contribution is 5.94. The van der Waals surface area contributed by atoms with E-state index in [0.717, 1.165) is 16.8 Å². The van der Waals surface area contributed by atoms with Crippen molar-refractivity contribution >= 4 is 11.6 Å². The van der Waals surface area contributed by atoms with Gasteiger partial charge in [0.05, 0.1) is 6.10 Å². The SMILES string of the molecule is CCO[C@@H](C)CN(C)C(=O)c1ccc(-c2ccccc2N(C)C)cc1. The number of carbonyl (C=O) groups excluding carboxylic acids is 1. The molecule has 0 bridgehead atoms. The number of rotatable bonds is 7. The van der Waals surface area contributed by atoms with E-state index < -0.39 is 0 Å². The van der Waals surface area contributed by atoms with E-state index in [1.165, 1.54) is 0 Å². The number of ether oxygens (including phenoxy) is 1. The third-order valence-corrected chi connectivity index (χ3v) is 4.16. The van der Waals surface area contributed by atoms with E-state index in [2.05, 4.69) is 17.0 Å². The molecule has 2 rings (SSSR count). The molecule has 0 aromatic heterocycles. The molecule has 0 radical (unpaired) electrons. The molecule has 0 aliphatic heterocycles. The van der Waals surface area contributed by atoms with Crippen LogP contribution in [0.4, 0.5) is 5.69 Å². The molecule has 134 valence electrons. The summed E-state index contributed by atoms with van der Waals surface area (Å²) in [5.41, 5.74) is 4.11. The van der Waals surface area contributed by atoms with Crippen LogP contribution in [0.15, 0.2) is 48.5 Å². The normalized spacial score (nSPS) is 11.9. The van der Waals surface area contributed by atoms with Gasteiger partial charge in [-0.1, -0.05) is 30.3 Å². The Morgan fingerprint density at radius 2 is 1.68 bits per heavy atom. The molecule has 1 amide bonds. The second-order valence-electron chi connectivity index (χ2n) is 6.44. The number of carbonyl (C=O) groups is 1. The van der Waals surface area contributed by atoms with Crippen LogP contribution in [0.3, 0.4) is 0 Å². The zero-order valence-electron chi connectivity index (χ0n) is 15.8. The minimum atomic E-state index is 0.0130. The lowest BCUT2D eigenvalue weighted by Gasteiger charge is -2.22. The van der Waals surface area contributed by atoms with Crippen molar-refractivity contribution in [2.45, 2.75) is 20.0 Å². The van der Waals surface area contributed by atoms with E-state index in [0.29, 0.717) is 18.7 Å². The summed E-state index contributed by atoms with van der Waals surface area (Å²) in [6, 6.07) is 16.1. The number of benzene rings is 2. The molecular formula is C21H28N2O2. The molecule has 0 saturated heterocycles. The molecule has 2 aromatic rings. The number of amides is 1. The summed E-state index contributed by atoms with van der Waals surface area (Å²) in [5, 5.41) is 0. The number of hydrogen-bond acceptors (Lipinski definition) is 3. The molecule has 0 unspecified atom stereocenters. The Hall–Kier alpha value is -2.33. The van der Waals surface area contributed by atoms with Crippen molar-refractivity contribution < 1.29 is 9.53 Å². The van der Waals surface area contributed by atoms with Gasteiger partial charge in [-0.25, -0.2) is 0 Å². The Morgan fingerprint density at radius 1 is 1.04 bits per heavy atom. The first kappa shape index (κ1) is 19.0. The van der Waals surface area contributed by atoms with Crippen LogP contribution in [0.2, 0.25) is 0 Å². The molecule has 4 heteroatoms. The number of anilines is 1. The molecule has 4 nitrogen and oxygen atoms in total. The van der Waals surface area contributed by atoms with Crippen LogP contribution >= 0.6 is 0 Å². The van der Waals surface area contributed by atoms with Crippen molar-refractivity contribution in [3.05, 3.63) is 54.1 Å². The summed E-state index contributed by atoms with van der Waals surface area (Å²) >= 11 is 0. The molecule has 0 heterocycles. The fraction of sp³-hybridized carbons (Fsp3) is 0.381. The first-order chi connectivity index (χ1) is 11.9. The highest BCUT2D eigenvalue weighted by atomic mass is 16.5. The predicted molar refractivity (Wildman–Crippen MR) is 104 cm³/mol. The van der Waals surface area contributed by atoms with E-state index in [1.54, 1.807) is 4.90 Å². The maximum atomic E-state index is 12.6. The van der Waals surface area contributed by atoms with Gasteiger partial charge in [0, 0.05) is 51.1 Å². The van der Waals surface area contributed by atoms with Crippen molar-refractivity contribution in [1.82, 2.24) is 4.90 Å². The van der Waals surface area contributed by atoms with Gasteiger partial charge in [0.25, 0.3) is 5.91 Å². The van der Waals surface area contributed by atoms with E-state index in [1.807, 2.05) is 71.4 Å². The average Bonchev–Trinajstić information content (AvgIpc) is 2.61. The van der Waals surface area contributed by atoms with Gasteiger partial charge in [-0.15, -0.1) is 0 Å². The van der Waals surface area contributed by atoms with Gasteiger partial charge in [0.15, 0.2) is 0 Å². The van der Waals surface area contributed by atoms with Crippen LogP contribution in [-0.2, 0) is 4.74 Å². The first-order valence-electron chi connectivity index (χ1n) is 8.68. The van der Waals surface area contributed by atoms with Gasteiger partial charge >= 0.3 is 0 Å². The highest BCUT2D eigenvalue weighted by Gasteiger charge is 2.15. The third kappa shape index (κ3) is 4.83. The number of para-hydroxylation sites is 1. The van der Waals surface area contributed by atoms with Gasteiger partial charge in [0.1, 0.15) is 0 Å². The Labute approximate surface area is 151 Å². The van der Waals surface area contributed by atoms with Crippen LogP contribution in [0.25, 0.3) is 11.1 Å². The third-order valence-electron chi connectivity index (χ3n) is 4.16. The Balaban J connectivity index is 2.16. The smallest absolute Gasteiger partial charge is 0.253 e. The number of likely N-dealkylation sites (N-methyl/N-ethyl adjacent to an activating group) is 1. The van der Waals surface area contributed by atoms with Crippen LogP contribution in [0, 0.1) is 0 Å². The quantitative estimate of drug-likeness (QED) is 0.766. The molecule has 2 aromatic carbocycles. The second-order valence-corrected chi connectivity index (χ2v) is 6.44. The van der Waals surface area contributed by atoms with Crippen LogP contribution in [0.5, 0.6) is 0 Å². The predicted octanol–water partition coefficient (Wildman–Crippen LogP) is 3.92. The Bertz CT molecular complexity index is 695. The van der Waals surface area contributed by atoms with Crippen molar-refractivity contribution in [1.29, 1.82) is 0 Å². The van der Waals surface area contributed by atoms with E-state index in [-0.39, 0.29) is 12.0 Å². The topological polar surface area (TPSA) is 32.8 Å². The van der Waals surface area contributed by atoms with Crippen LogP contribution in [0.1, 0.15) is 24.2 Å². The minimum absolute atomic E-state index is 0.0130. The molecule has 0 aliphatic rings. The zero-order valence-corrected chi connectivity index (χ0v) is 15.8. The van der Waals surface area contributed by atoms with E-state index in [4.69, 9.17) is 4.74 Å². The van der Waals surface area contributed by atoms with Gasteiger partial charge < -0.3 is 14.5 Å². The molecular weight excluding hydrogens is 312 g/mol. The Morgan fingerprint density at radius 3 is 2.28 bits per heavy atom. The van der Waals surface area contributed by atoms with Gasteiger partial charge in [0.2, 0.25) is 0 Å². The fourth-order valence-electron chi connectivity index (χ4n) is 2.93. The summed E-state index contributed by atoms with van der Waals surface area (Å²) in [5.74, 6) is 0.0130. The lowest BCUT2D eigenvalue weighted by molar-refractivity contribution is 0.0436. The Kier molecular flexibility index (Phi) is 6.59. The molecule has 0 aliphatic carbocycles. The van der Waals surface area contributed by atoms with Gasteiger partial charge in [-0.05, 0) is 37.6 Å². The number of nitrogens with zero attached hydrogens (tertiary/aromatic N) is 2. The molecule has 0 spiro atoms. The lowest BCUT2D eigenvalue weighted by atomic mass is 10.0. The van der Waals surface area contributed by atoms with E-state index in [9.17, 15) is 4.79 Å². The fourth-order valence-corrected chi connectivity index (χ4v) is 2.93. The standard InChI is InChI=1S/C21H28N2O2/c1-6-25-16(2)15-23(5)21(24)18-13-11-17(12-14-18)19-9-7-8-10-20(19)22(3)4/h7-14,16H,6,15H2,1-5H3/t16-/m0/s1. The maximum Gasteiger partial charge on any atom is 0.253 e. The molecule has 1 atom stereocenters. The summed E-state index contributed by atoms with van der Waals surface area (Å²) < 4.78 is 5.51. The first-order valence-corrected chi connectivity index (χ1v) is 8.68. The van der Waals surface area contributed by atoms with Crippen molar-refractivity contribution in [2.75, 3.05) is 39.2 Å². The zero-order chi connectivity index (χ0) is 18.4. The molecule has 25 heavy (non-hydrogen) atoms. The molecule has 0 saturated carbocycles. The van der Waals surface area contributed by atoms with Crippen molar-refractivity contribution in [2.24, 2.45) is 0 Å².